The fourth-order valence-corrected chi connectivity index (χ4v) is 1.37. The maximum atomic E-state index is 9.10. The smallest absolute Gasteiger partial charge is 0.414 e. The van der Waals surface area contributed by atoms with Gasteiger partial charge in [0.25, 0.3) is 0 Å². The number of carboxylic acid groups (broad SMARTS) is 2. The number of rotatable bonds is 2. The minimum Gasteiger partial charge on any atom is -0.473 e. The van der Waals surface area contributed by atoms with Crippen molar-refractivity contribution in [3.63, 3.8) is 0 Å². The molecule has 2 aliphatic rings. The Morgan fingerprint density at radius 3 is 1.09 bits per heavy atom. The summed E-state index contributed by atoms with van der Waals surface area (Å²) < 4.78 is 10.0. The highest BCUT2D eigenvalue weighted by Crippen LogP contribution is 2.29. The molecule has 22 heavy (non-hydrogen) atoms. The molecule has 2 heterocycles. The molecule has 130 valence electrons. The highest BCUT2D eigenvalue weighted by molar-refractivity contribution is 6.27. The molecule has 0 amide bonds. The molecule has 0 aromatic heterocycles. The van der Waals surface area contributed by atoms with E-state index in [2.05, 4.69) is 13.8 Å². The lowest BCUT2D eigenvalue weighted by Crippen LogP contribution is -2.51. The molecule has 0 radical (unpaired) electrons. The quantitative estimate of drug-likeness (QED) is 0.516. The fourth-order valence-electron chi connectivity index (χ4n) is 1.37. The SMILES string of the molecule is CC(N)C1(C)COC1.CC(N)C1(C)COC1.O=C(O)C(=O)O. The van der Waals surface area contributed by atoms with E-state index in [0.717, 1.165) is 26.4 Å². The molecule has 0 bridgehead atoms. The van der Waals surface area contributed by atoms with Crippen LogP contribution in [0.1, 0.15) is 27.7 Å². The van der Waals surface area contributed by atoms with Crippen LogP contribution in [0.4, 0.5) is 0 Å². The summed E-state index contributed by atoms with van der Waals surface area (Å²) in [6.45, 7) is 11.7. The molecule has 2 fully saturated rings. The average molecular weight is 320 g/mol. The van der Waals surface area contributed by atoms with E-state index >= 15 is 0 Å². The summed E-state index contributed by atoms with van der Waals surface area (Å²) in [5.41, 5.74) is 11.9. The van der Waals surface area contributed by atoms with Gasteiger partial charge in [0.05, 0.1) is 26.4 Å². The third-order valence-electron chi connectivity index (χ3n) is 4.11. The average Bonchev–Trinajstić information content (AvgIpc) is 2.33. The van der Waals surface area contributed by atoms with Gasteiger partial charge >= 0.3 is 11.9 Å². The van der Waals surface area contributed by atoms with Gasteiger partial charge < -0.3 is 31.2 Å². The van der Waals surface area contributed by atoms with E-state index in [1.807, 2.05) is 13.8 Å². The summed E-state index contributed by atoms with van der Waals surface area (Å²) in [5.74, 6) is -3.65. The van der Waals surface area contributed by atoms with E-state index in [1.165, 1.54) is 0 Å². The van der Waals surface area contributed by atoms with Crippen molar-refractivity contribution in [2.75, 3.05) is 26.4 Å². The first kappa shape index (κ1) is 20.8. The number of carbonyl (C=O) groups is 2. The van der Waals surface area contributed by atoms with Gasteiger partial charge in [0.2, 0.25) is 0 Å². The second-order valence-corrected chi connectivity index (χ2v) is 6.48. The summed E-state index contributed by atoms with van der Waals surface area (Å²) in [6, 6.07) is 0.549. The minimum atomic E-state index is -1.82. The number of nitrogens with two attached hydrogens (primary N) is 2. The van der Waals surface area contributed by atoms with E-state index in [0.29, 0.717) is 0 Å². The Balaban J connectivity index is 0.000000306. The number of carboxylic acids is 2. The molecule has 6 N–H and O–H groups in total. The first-order chi connectivity index (χ1) is 9.94. The molecular formula is C14H28N2O6. The summed E-state index contributed by atoms with van der Waals surface area (Å²) >= 11 is 0. The Morgan fingerprint density at radius 1 is 0.864 bits per heavy atom. The molecule has 2 aliphatic heterocycles. The number of hydrogen-bond acceptors (Lipinski definition) is 6. The third kappa shape index (κ3) is 6.27. The van der Waals surface area contributed by atoms with E-state index in [1.54, 1.807) is 0 Å². The van der Waals surface area contributed by atoms with Crippen molar-refractivity contribution >= 4 is 11.9 Å². The standard InChI is InChI=1S/2C6H13NO.C2H2O4/c2*1-5(7)6(2)3-8-4-6;3-1(4)2(5)6/h2*5H,3-4,7H2,1-2H3;(H,3,4)(H,5,6). The van der Waals surface area contributed by atoms with Gasteiger partial charge in [-0.3, -0.25) is 0 Å². The first-order valence-electron chi connectivity index (χ1n) is 7.07. The topological polar surface area (TPSA) is 145 Å². The molecule has 8 heteroatoms. The lowest BCUT2D eigenvalue weighted by molar-refractivity contribution is -0.159. The predicted molar refractivity (Wildman–Crippen MR) is 80.4 cm³/mol. The molecule has 0 aromatic rings. The van der Waals surface area contributed by atoms with Crippen LogP contribution in [0.3, 0.4) is 0 Å². The van der Waals surface area contributed by atoms with Crippen molar-refractivity contribution in [1.29, 1.82) is 0 Å². The van der Waals surface area contributed by atoms with Crippen LogP contribution < -0.4 is 11.5 Å². The summed E-state index contributed by atoms with van der Waals surface area (Å²) in [5, 5.41) is 14.8. The monoisotopic (exact) mass is 320 g/mol. The first-order valence-corrected chi connectivity index (χ1v) is 7.07. The zero-order chi connectivity index (χ0) is 17.6. The van der Waals surface area contributed by atoms with Gasteiger partial charge in [-0.1, -0.05) is 13.8 Å². The van der Waals surface area contributed by atoms with Gasteiger partial charge in [0.15, 0.2) is 0 Å². The van der Waals surface area contributed by atoms with Gasteiger partial charge in [-0.05, 0) is 13.8 Å². The zero-order valence-electron chi connectivity index (χ0n) is 13.7. The van der Waals surface area contributed by atoms with Crippen molar-refractivity contribution < 1.29 is 29.3 Å². The van der Waals surface area contributed by atoms with E-state index in [9.17, 15) is 0 Å². The van der Waals surface area contributed by atoms with Crippen LogP contribution in [0, 0.1) is 10.8 Å². The Labute approximate surface area is 130 Å². The van der Waals surface area contributed by atoms with Crippen molar-refractivity contribution in [2.45, 2.75) is 39.8 Å². The molecular weight excluding hydrogens is 292 g/mol. The Kier molecular flexibility index (Phi) is 7.96. The molecule has 2 unspecified atom stereocenters. The van der Waals surface area contributed by atoms with Crippen LogP contribution in [0.5, 0.6) is 0 Å². The van der Waals surface area contributed by atoms with Gasteiger partial charge in [0.1, 0.15) is 0 Å². The number of ether oxygens (including phenoxy) is 2. The summed E-state index contributed by atoms with van der Waals surface area (Å²) in [6.07, 6.45) is 0. The maximum Gasteiger partial charge on any atom is 0.414 e. The number of aliphatic carboxylic acids is 2. The van der Waals surface area contributed by atoms with Crippen molar-refractivity contribution in [2.24, 2.45) is 22.3 Å². The maximum absolute atomic E-state index is 9.10. The minimum absolute atomic E-state index is 0.274. The Morgan fingerprint density at radius 2 is 1.09 bits per heavy atom. The van der Waals surface area contributed by atoms with E-state index in [4.69, 9.17) is 40.7 Å². The highest BCUT2D eigenvalue weighted by atomic mass is 16.5. The molecule has 2 saturated heterocycles. The fraction of sp³-hybridized carbons (Fsp3) is 0.857. The Hall–Kier alpha value is -1.22. The number of hydrogen-bond donors (Lipinski definition) is 4. The molecule has 0 spiro atoms. The summed E-state index contributed by atoms with van der Waals surface area (Å²) in [4.78, 5) is 18.2. The van der Waals surface area contributed by atoms with Gasteiger partial charge in [-0.2, -0.15) is 0 Å². The van der Waals surface area contributed by atoms with Gasteiger partial charge in [0, 0.05) is 22.9 Å². The molecule has 0 saturated carbocycles. The van der Waals surface area contributed by atoms with Crippen LogP contribution >= 0.6 is 0 Å². The van der Waals surface area contributed by atoms with Gasteiger partial charge in [-0.25, -0.2) is 9.59 Å². The highest BCUT2D eigenvalue weighted by Gasteiger charge is 2.37. The normalized spacial score (nSPS) is 23.0. The van der Waals surface area contributed by atoms with Crippen molar-refractivity contribution in [3.8, 4) is 0 Å². The van der Waals surface area contributed by atoms with Crippen LogP contribution in [0.2, 0.25) is 0 Å². The Bertz CT molecular complexity index is 340. The van der Waals surface area contributed by atoms with Crippen molar-refractivity contribution in [3.05, 3.63) is 0 Å². The molecule has 0 aliphatic carbocycles. The second kappa shape index (κ2) is 8.42. The predicted octanol–water partition coefficient (Wildman–Crippen LogP) is -0.104. The van der Waals surface area contributed by atoms with Crippen LogP contribution in [0.25, 0.3) is 0 Å². The third-order valence-corrected chi connectivity index (χ3v) is 4.11. The van der Waals surface area contributed by atoms with E-state index < -0.39 is 11.9 Å². The second-order valence-electron chi connectivity index (χ2n) is 6.48. The lowest BCUT2D eigenvalue weighted by atomic mass is 9.82. The molecule has 8 nitrogen and oxygen atoms in total. The van der Waals surface area contributed by atoms with Crippen LogP contribution in [0.15, 0.2) is 0 Å². The van der Waals surface area contributed by atoms with Crippen LogP contribution in [-0.2, 0) is 19.1 Å². The van der Waals surface area contributed by atoms with E-state index in [-0.39, 0.29) is 22.9 Å². The lowest BCUT2D eigenvalue weighted by Gasteiger charge is -2.41. The molecule has 2 atom stereocenters. The largest absolute Gasteiger partial charge is 0.473 e. The molecule has 2 rings (SSSR count). The van der Waals surface area contributed by atoms with Gasteiger partial charge in [-0.15, -0.1) is 0 Å². The van der Waals surface area contributed by atoms with Crippen molar-refractivity contribution in [1.82, 2.24) is 0 Å². The molecule has 0 aromatic carbocycles. The summed E-state index contributed by atoms with van der Waals surface area (Å²) in [7, 11) is 0. The van der Waals surface area contributed by atoms with Crippen LogP contribution in [-0.4, -0.2) is 60.7 Å². The zero-order valence-corrected chi connectivity index (χ0v) is 13.7.